The summed E-state index contributed by atoms with van der Waals surface area (Å²) in [4.78, 5) is 49.6. The fourth-order valence-corrected chi connectivity index (χ4v) is 10.2. The highest BCUT2D eigenvalue weighted by molar-refractivity contribution is 8.02. The van der Waals surface area contributed by atoms with Crippen molar-refractivity contribution in [2.45, 2.75) is 41.6 Å². The number of para-hydroxylation sites is 2. The van der Waals surface area contributed by atoms with E-state index < -0.39 is 28.7 Å². The molecule has 2 bridgehead atoms. The number of nitrogens with zero attached hydrogens (tertiary/aromatic N) is 6. The van der Waals surface area contributed by atoms with Gasteiger partial charge in [-0.1, -0.05) is 78.0 Å². The van der Waals surface area contributed by atoms with Gasteiger partial charge in [-0.3, -0.25) is 14.4 Å². The van der Waals surface area contributed by atoms with Crippen molar-refractivity contribution in [1.29, 1.82) is 0 Å². The Bertz CT molecular complexity index is 1850. The Morgan fingerprint density at radius 1 is 0.979 bits per heavy atom. The second kappa shape index (κ2) is 13.0. The molecule has 10 nitrogen and oxygen atoms in total. The molecule has 11 heteroatoms. The van der Waals surface area contributed by atoms with E-state index in [9.17, 15) is 14.7 Å². The SMILES string of the molecule is C=CCN(Cn1nnc2ccccc21)C(=O)C1N([C@H](CO)c2ccccc2)C(=O)[C@@H]2[C@@H](C(=O)N(CC=C)c3ccccc3)[C@H]3CCC12S3. The van der Waals surface area contributed by atoms with Crippen LogP contribution in [0.3, 0.4) is 0 Å². The Kier molecular flexibility index (Phi) is 8.65. The van der Waals surface area contributed by atoms with E-state index in [2.05, 4.69) is 23.5 Å². The van der Waals surface area contributed by atoms with Crippen molar-refractivity contribution in [2.24, 2.45) is 11.8 Å². The Morgan fingerprint density at radius 3 is 2.38 bits per heavy atom. The number of hydrogen-bond acceptors (Lipinski definition) is 7. The third-order valence-electron chi connectivity index (χ3n) is 9.98. The van der Waals surface area contributed by atoms with Gasteiger partial charge >= 0.3 is 0 Å². The largest absolute Gasteiger partial charge is 0.394 e. The van der Waals surface area contributed by atoms with E-state index in [1.165, 1.54) is 0 Å². The van der Waals surface area contributed by atoms with Crippen LogP contribution in [0, 0.1) is 11.8 Å². The van der Waals surface area contributed by atoms with E-state index in [-0.39, 0.29) is 42.8 Å². The van der Waals surface area contributed by atoms with Crippen LogP contribution in [0.15, 0.2) is 110 Å². The first-order valence-electron chi connectivity index (χ1n) is 16.2. The van der Waals surface area contributed by atoms with Crippen molar-refractivity contribution in [1.82, 2.24) is 24.8 Å². The van der Waals surface area contributed by atoms with E-state index >= 15 is 4.79 Å². The Hall–Kier alpha value is -4.74. The van der Waals surface area contributed by atoms with Gasteiger partial charge in [0.05, 0.1) is 34.7 Å². The van der Waals surface area contributed by atoms with Crippen molar-refractivity contribution in [3.8, 4) is 0 Å². The second-order valence-electron chi connectivity index (χ2n) is 12.6. The van der Waals surface area contributed by atoms with Crippen molar-refractivity contribution >= 4 is 46.2 Å². The number of fused-ring (bicyclic) bond motifs is 2. The van der Waals surface area contributed by atoms with Gasteiger partial charge in [-0.2, -0.15) is 0 Å². The minimum atomic E-state index is -0.931. The third kappa shape index (κ3) is 5.12. The summed E-state index contributed by atoms with van der Waals surface area (Å²) >= 11 is 1.60. The van der Waals surface area contributed by atoms with E-state index in [4.69, 9.17) is 0 Å². The molecular formula is C37H38N6O4S. The van der Waals surface area contributed by atoms with Crippen molar-refractivity contribution in [2.75, 3.05) is 24.6 Å². The Labute approximate surface area is 283 Å². The molecule has 2 unspecified atom stereocenters. The average molecular weight is 663 g/mol. The van der Waals surface area contributed by atoms with Crippen LogP contribution in [0.2, 0.25) is 0 Å². The molecule has 0 radical (unpaired) electrons. The number of aliphatic hydroxyl groups is 1. The maximum absolute atomic E-state index is 15.1. The van der Waals surface area contributed by atoms with Crippen LogP contribution < -0.4 is 4.90 Å². The highest BCUT2D eigenvalue weighted by Crippen LogP contribution is 2.67. The number of likely N-dealkylation sites (tertiary alicyclic amines) is 1. The first-order chi connectivity index (χ1) is 23.4. The molecule has 3 saturated heterocycles. The predicted molar refractivity (Wildman–Crippen MR) is 186 cm³/mol. The van der Waals surface area contributed by atoms with Gasteiger partial charge in [-0.25, -0.2) is 4.68 Å². The molecule has 0 saturated carbocycles. The van der Waals surface area contributed by atoms with Crippen LogP contribution in [-0.4, -0.2) is 83.4 Å². The van der Waals surface area contributed by atoms with Crippen molar-refractivity contribution < 1.29 is 19.5 Å². The van der Waals surface area contributed by atoms with Crippen LogP contribution in [0.4, 0.5) is 5.69 Å². The molecule has 48 heavy (non-hydrogen) atoms. The molecule has 3 fully saturated rings. The minimum Gasteiger partial charge on any atom is -0.394 e. The zero-order chi connectivity index (χ0) is 33.4. The second-order valence-corrected chi connectivity index (χ2v) is 14.2. The van der Waals surface area contributed by atoms with Crippen LogP contribution >= 0.6 is 11.8 Å². The standard InChI is InChI=1S/C37H38N6O4S/c1-3-21-40(24-42-28-18-12-11-17-27(28)38-39-42)36(47)33-37-20-19-30(48-37)31(34(45)41(22-4-2)26-15-9-6-10-16-26)32(37)35(46)43(33)29(23-44)25-13-7-5-8-14-25/h3-18,29-33,44H,1-2,19-24H2/t29-,30-,31+,32+,33?,37?/m1/s1. The number of benzene rings is 3. The lowest BCUT2D eigenvalue weighted by atomic mass is 9.70. The summed E-state index contributed by atoms with van der Waals surface area (Å²) in [5.74, 6) is -2.08. The van der Waals surface area contributed by atoms with Gasteiger partial charge in [0.1, 0.15) is 18.2 Å². The van der Waals surface area contributed by atoms with Crippen molar-refractivity contribution in [3.63, 3.8) is 0 Å². The molecule has 1 aromatic heterocycles. The quantitative estimate of drug-likeness (QED) is 0.223. The van der Waals surface area contributed by atoms with Crippen molar-refractivity contribution in [3.05, 3.63) is 116 Å². The molecule has 6 atom stereocenters. The highest BCUT2D eigenvalue weighted by Gasteiger charge is 2.74. The van der Waals surface area contributed by atoms with E-state index in [1.54, 1.807) is 43.3 Å². The molecule has 7 rings (SSSR count). The maximum atomic E-state index is 15.1. The van der Waals surface area contributed by atoms with E-state index in [0.717, 1.165) is 16.8 Å². The lowest BCUT2D eigenvalue weighted by Crippen LogP contribution is -2.56. The van der Waals surface area contributed by atoms with Crippen LogP contribution in [0.25, 0.3) is 11.0 Å². The number of amides is 3. The summed E-state index contributed by atoms with van der Waals surface area (Å²) in [5.41, 5.74) is 2.93. The number of rotatable bonds is 12. The van der Waals surface area contributed by atoms with Gasteiger partial charge in [0.2, 0.25) is 17.7 Å². The lowest BCUT2D eigenvalue weighted by Gasteiger charge is -2.39. The number of hydrogen-bond donors (Lipinski definition) is 1. The van der Waals surface area contributed by atoms with Crippen LogP contribution in [-0.2, 0) is 21.1 Å². The minimum absolute atomic E-state index is 0.0946. The Balaban J connectivity index is 1.32. The van der Waals surface area contributed by atoms with Crippen LogP contribution in [0.1, 0.15) is 24.4 Å². The number of carbonyl (C=O) groups excluding carboxylic acids is 3. The molecule has 0 aliphatic carbocycles. The smallest absolute Gasteiger partial charge is 0.248 e. The summed E-state index contributed by atoms with van der Waals surface area (Å²) in [7, 11) is 0. The first-order valence-corrected chi connectivity index (χ1v) is 17.1. The summed E-state index contributed by atoms with van der Waals surface area (Å²) in [6, 6.07) is 24.5. The van der Waals surface area contributed by atoms with Gasteiger partial charge < -0.3 is 19.8 Å². The zero-order valence-corrected chi connectivity index (χ0v) is 27.4. The van der Waals surface area contributed by atoms with Gasteiger partial charge in [-0.15, -0.1) is 30.0 Å². The summed E-state index contributed by atoms with van der Waals surface area (Å²) in [6.07, 6.45) is 4.65. The average Bonchev–Trinajstić information content (AvgIpc) is 3.87. The molecule has 3 aromatic carbocycles. The molecule has 3 aliphatic heterocycles. The molecule has 1 spiro atoms. The normalized spacial score (nSPS) is 24.8. The topological polar surface area (TPSA) is 112 Å². The predicted octanol–water partition coefficient (Wildman–Crippen LogP) is 4.45. The van der Waals surface area contributed by atoms with Gasteiger partial charge in [0, 0.05) is 24.0 Å². The first kappa shape index (κ1) is 31.8. The maximum Gasteiger partial charge on any atom is 0.248 e. The van der Waals surface area contributed by atoms with E-state index in [1.807, 2.05) is 84.9 Å². The molecular weight excluding hydrogens is 625 g/mol. The summed E-state index contributed by atoms with van der Waals surface area (Å²) in [5, 5.41) is 19.4. The van der Waals surface area contributed by atoms with Crippen LogP contribution in [0.5, 0.6) is 0 Å². The lowest BCUT2D eigenvalue weighted by molar-refractivity contribution is -0.146. The van der Waals surface area contributed by atoms with Gasteiger partial charge in [0.25, 0.3) is 0 Å². The summed E-state index contributed by atoms with van der Waals surface area (Å²) < 4.78 is 0.814. The summed E-state index contributed by atoms with van der Waals surface area (Å²) in [6.45, 7) is 8.03. The number of aliphatic hydroxyl groups excluding tert-OH is 1. The highest BCUT2D eigenvalue weighted by atomic mass is 32.2. The van der Waals surface area contributed by atoms with Gasteiger partial charge in [0.15, 0.2) is 0 Å². The molecule has 4 aromatic rings. The van der Waals surface area contributed by atoms with E-state index in [0.29, 0.717) is 24.9 Å². The molecule has 3 amide bonds. The number of carbonyl (C=O) groups is 3. The number of aromatic nitrogens is 3. The Morgan fingerprint density at radius 2 is 1.67 bits per heavy atom. The fourth-order valence-electron chi connectivity index (χ4n) is 7.99. The zero-order valence-electron chi connectivity index (χ0n) is 26.5. The molecule has 4 heterocycles. The number of thioether (sulfide) groups is 1. The molecule has 1 N–H and O–H groups in total. The fraction of sp³-hybridized carbons (Fsp3) is 0.324. The number of anilines is 1. The monoisotopic (exact) mass is 662 g/mol. The third-order valence-corrected chi connectivity index (χ3v) is 11.9. The molecule has 246 valence electrons. The van der Waals surface area contributed by atoms with Gasteiger partial charge in [-0.05, 0) is 42.7 Å². The molecule has 3 aliphatic rings.